The summed E-state index contributed by atoms with van der Waals surface area (Å²) in [7, 11) is -3.81. The molecule has 2 N–H and O–H groups in total. The number of benzene rings is 2. The number of anilines is 1. The van der Waals surface area contributed by atoms with Crippen LogP contribution in [0.4, 0.5) is 5.69 Å². The van der Waals surface area contributed by atoms with E-state index in [4.69, 9.17) is 0 Å². The van der Waals surface area contributed by atoms with Crippen molar-refractivity contribution < 1.29 is 13.2 Å². The van der Waals surface area contributed by atoms with Crippen LogP contribution in [-0.2, 0) is 14.8 Å². The Morgan fingerprint density at radius 2 is 1.77 bits per heavy atom. The fraction of sp³-hybridized carbons (Fsp3) is 0.278. The topological polar surface area (TPSA) is 75.3 Å². The average Bonchev–Trinajstić information content (AvgIpc) is 2.60. The highest BCUT2D eigenvalue weighted by Crippen LogP contribution is 2.20. The summed E-state index contributed by atoms with van der Waals surface area (Å²) in [6.07, 6.45) is 1.95. The first-order valence-corrected chi connectivity index (χ1v) is 11.5. The predicted octanol–water partition coefficient (Wildman–Crippen LogP) is 4.11. The van der Waals surface area contributed by atoms with Gasteiger partial charge in [0.2, 0.25) is 15.9 Å². The summed E-state index contributed by atoms with van der Waals surface area (Å²) in [4.78, 5) is 13.8. The van der Waals surface area contributed by atoms with Crippen molar-refractivity contribution in [3.05, 3.63) is 53.0 Å². The molecule has 1 atom stereocenters. The van der Waals surface area contributed by atoms with Crippen LogP contribution >= 0.6 is 27.7 Å². The SMILES string of the molecule is CSc1cccc(NC(=O)[C@@H](NS(=O)(=O)c2ccc(Br)cc2)C(C)C)c1. The minimum absolute atomic E-state index is 0.114. The molecule has 0 aliphatic rings. The Labute approximate surface area is 167 Å². The zero-order chi connectivity index (χ0) is 19.3. The van der Waals surface area contributed by atoms with Gasteiger partial charge in [0, 0.05) is 15.1 Å². The van der Waals surface area contributed by atoms with E-state index in [1.54, 1.807) is 43.8 Å². The van der Waals surface area contributed by atoms with Crippen molar-refractivity contribution in [2.24, 2.45) is 5.92 Å². The van der Waals surface area contributed by atoms with Gasteiger partial charge in [-0.2, -0.15) is 4.72 Å². The van der Waals surface area contributed by atoms with Crippen LogP contribution in [0.5, 0.6) is 0 Å². The Morgan fingerprint density at radius 1 is 1.12 bits per heavy atom. The Hall–Kier alpha value is -1.35. The maximum absolute atomic E-state index is 12.7. The normalized spacial score (nSPS) is 12.8. The van der Waals surface area contributed by atoms with Crippen molar-refractivity contribution in [3.8, 4) is 0 Å². The summed E-state index contributed by atoms with van der Waals surface area (Å²) < 4.78 is 28.5. The van der Waals surface area contributed by atoms with Crippen molar-refractivity contribution in [1.29, 1.82) is 0 Å². The second-order valence-electron chi connectivity index (χ2n) is 6.02. The van der Waals surface area contributed by atoms with Gasteiger partial charge in [0.1, 0.15) is 6.04 Å². The second kappa shape index (κ2) is 9.03. The van der Waals surface area contributed by atoms with Crippen molar-refractivity contribution in [1.82, 2.24) is 4.72 Å². The Bertz CT molecular complexity index is 868. The molecule has 0 bridgehead atoms. The van der Waals surface area contributed by atoms with Gasteiger partial charge in [0.15, 0.2) is 0 Å². The standard InChI is InChI=1S/C18H21BrN2O3S2/c1-12(2)17(18(22)20-14-5-4-6-15(11-14)25-3)21-26(23,24)16-9-7-13(19)8-10-16/h4-12,17,21H,1-3H3,(H,20,22)/t17-/m0/s1. The maximum atomic E-state index is 12.7. The van der Waals surface area contributed by atoms with Gasteiger partial charge in [-0.3, -0.25) is 4.79 Å². The molecule has 0 aliphatic carbocycles. The first-order chi connectivity index (χ1) is 12.2. The number of halogens is 1. The van der Waals surface area contributed by atoms with Crippen LogP contribution in [0.25, 0.3) is 0 Å². The molecule has 2 rings (SSSR count). The van der Waals surface area contributed by atoms with Crippen LogP contribution in [0.2, 0.25) is 0 Å². The van der Waals surface area contributed by atoms with E-state index in [0.717, 1.165) is 9.37 Å². The molecule has 0 radical (unpaired) electrons. The molecule has 26 heavy (non-hydrogen) atoms. The van der Waals surface area contributed by atoms with Crippen LogP contribution in [0.15, 0.2) is 62.8 Å². The molecule has 140 valence electrons. The van der Waals surface area contributed by atoms with Gasteiger partial charge in [0.05, 0.1) is 4.90 Å². The molecule has 8 heteroatoms. The molecule has 0 spiro atoms. The third-order valence-corrected chi connectivity index (χ3v) is 6.40. The molecule has 0 saturated heterocycles. The highest BCUT2D eigenvalue weighted by molar-refractivity contribution is 9.10. The molecule has 0 aromatic heterocycles. The van der Waals surface area contributed by atoms with Crippen molar-refractivity contribution in [2.45, 2.75) is 29.7 Å². The first kappa shape index (κ1) is 21.0. The largest absolute Gasteiger partial charge is 0.325 e. The number of carbonyl (C=O) groups excluding carboxylic acids is 1. The van der Waals surface area contributed by atoms with E-state index in [2.05, 4.69) is 26.0 Å². The van der Waals surface area contributed by atoms with Gasteiger partial charge in [-0.15, -0.1) is 11.8 Å². The summed E-state index contributed by atoms with van der Waals surface area (Å²) in [6, 6.07) is 12.8. The smallest absolute Gasteiger partial charge is 0.242 e. The fourth-order valence-electron chi connectivity index (χ4n) is 2.26. The van der Waals surface area contributed by atoms with Gasteiger partial charge in [-0.05, 0) is 54.6 Å². The Kier molecular flexibility index (Phi) is 7.28. The zero-order valence-corrected chi connectivity index (χ0v) is 17.9. The number of amides is 1. The van der Waals surface area contributed by atoms with Gasteiger partial charge in [-0.25, -0.2) is 8.42 Å². The van der Waals surface area contributed by atoms with Gasteiger partial charge in [0.25, 0.3) is 0 Å². The molecule has 0 heterocycles. The summed E-state index contributed by atoms with van der Waals surface area (Å²) in [6.45, 7) is 3.60. The average molecular weight is 457 g/mol. The third-order valence-electron chi connectivity index (χ3n) is 3.69. The van der Waals surface area contributed by atoms with E-state index in [0.29, 0.717) is 5.69 Å². The Morgan fingerprint density at radius 3 is 2.35 bits per heavy atom. The molecule has 2 aromatic carbocycles. The summed E-state index contributed by atoms with van der Waals surface area (Å²) in [5, 5.41) is 2.79. The van der Waals surface area contributed by atoms with E-state index in [-0.39, 0.29) is 16.7 Å². The van der Waals surface area contributed by atoms with Crippen LogP contribution in [-0.4, -0.2) is 26.6 Å². The van der Waals surface area contributed by atoms with Crippen LogP contribution in [0.1, 0.15) is 13.8 Å². The highest BCUT2D eigenvalue weighted by atomic mass is 79.9. The lowest BCUT2D eigenvalue weighted by Gasteiger charge is -2.22. The molecule has 1 amide bonds. The number of nitrogens with one attached hydrogen (secondary N) is 2. The minimum atomic E-state index is -3.81. The lowest BCUT2D eigenvalue weighted by molar-refractivity contribution is -0.118. The lowest BCUT2D eigenvalue weighted by Crippen LogP contribution is -2.47. The summed E-state index contributed by atoms with van der Waals surface area (Å²) in [5.74, 6) is -0.608. The third kappa shape index (κ3) is 5.57. The van der Waals surface area contributed by atoms with Gasteiger partial charge >= 0.3 is 0 Å². The number of rotatable bonds is 7. The van der Waals surface area contributed by atoms with Gasteiger partial charge in [-0.1, -0.05) is 35.8 Å². The number of hydrogen-bond acceptors (Lipinski definition) is 4. The van der Waals surface area contributed by atoms with Crippen molar-refractivity contribution in [2.75, 3.05) is 11.6 Å². The molecule has 2 aromatic rings. The maximum Gasteiger partial charge on any atom is 0.242 e. The lowest BCUT2D eigenvalue weighted by atomic mass is 10.0. The molecule has 0 fully saturated rings. The van der Waals surface area contributed by atoms with E-state index < -0.39 is 16.1 Å². The van der Waals surface area contributed by atoms with Crippen molar-refractivity contribution in [3.63, 3.8) is 0 Å². The van der Waals surface area contributed by atoms with Crippen molar-refractivity contribution >= 4 is 49.3 Å². The fourth-order valence-corrected chi connectivity index (χ4v) is 4.33. The monoisotopic (exact) mass is 456 g/mol. The predicted molar refractivity (Wildman–Crippen MR) is 110 cm³/mol. The van der Waals surface area contributed by atoms with E-state index >= 15 is 0 Å². The van der Waals surface area contributed by atoms with E-state index in [1.807, 2.05) is 24.5 Å². The quantitative estimate of drug-likeness (QED) is 0.614. The van der Waals surface area contributed by atoms with Crippen LogP contribution in [0.3, 0.4) is 0 Å². The van der Waals surface area contributed by atoms with Crippen LogP contribution < -0.4 is 10.0 Å². The molecule has 0 aliphatic heterocycles. The van der Waals surface area contributed by atoms with Gasteiger partial charge < -0.3 is 5.32 Å². The molecular formula is C18H21BrN2O3S2. The molecule has 0 unspecified atom stereocenters. The number of hydrogen-bond donors (Lipinski definition) is 2. The second-order valence-corrected chi connectivity index (χ2v) is 9.53. The highest BCUT2D eigenvalue weighted by Gasteiger charge is 2.28. The molecular weight excluding hydrogens is 436 g/mol. The summed E-state index contributed by atoms with van der Waals surface area (Å²) >= 11 is 4.84. The van der Waals surface area contributed by atoms with E-state index in [9.17, 15) is 13.2 Å². The molecule has 5 nitrogen and oxygen atoms in total. The molecule has 0 saturated carbocycles. The number of carbonyl (C=O) groups is 1. The summed E-state index contributed by atoms with van der Waals surface area (Å²) in [5.41, 5.74) is 0.635. The zero-order valence-electron chi connectivity index (χ0n) is 14.7. The van der Waals surface area contributed by atoms with E-state index in [1.165, 1.54) is 12.1 Å². The number of thioether (sulfide) groups is 1. The first-order valence-electron chi connectivity index (χ1n) is 7.96. The minimum Gasteiger partial charge on any atom is -0.325 e. The number of sulfonamides is 1. The van der Waals surface area contributed by atoms with Crippen LogP contribution in [0, 0.1) is 5.92 Å². The Balaban J connectivity index is 2.19.